The molecule has 0 aromatic heterocycles. The van der Waals surface area contributed by atoms with Crippen LogP contribution in [0.4, 0.5) is 5.69 Å². The maximum Gasteiger partial charge on any atom is 0.227 e. The molecule has 0 saturated heterocycles. The molecule has 3 aliphatic rings. The molecule has 0 spiro atoms. The summed E-state index contributed by atoms with van der Waals surface area (Å²) in [7, 11) is 0. The average Bonchev–Trinajstić information content (AvgIpc) is 3.10. The van der Waals surface area contributed by atoms with Gasteiger partial charge in [0.25, 0.3) is 0 Å². The monoisotopic (exact) mass is 273 g/mol. The van der Waals surface area contributed by atoms with Gasteiger partial charge in [-0.3, -0.25) is 4.79 Å². The van der Waals surface area contributed by atoms with Crippen LogP contribution in [0.3, 0.4) is 0 Å². The number of carbonyl (C=O) groups is 1. The highest BCUT2D eigenvalue weighted by atomic mass is 16.6. The fourth-order valence-electron chi connectivity index (χ4n) is 3.92. The van der Waals surface area contributed by atoms with Gasteiger partial charge in [-0.2, -0.15) is 0 Å². The van der Waals surface area contributed by atoms with Gasteiger partial charge in [0.1, 0.15) is 13.2 Å². The molecule has 1 amide bonds. The van der Waals surface area contributed by atoms with Crippen molar-refractivity contribution >= 4 is 11.6 Å². The number of ether oxygens (including phenoxy) is 2. The van der Waals surface area contributed by atoms with Gasteiger partial charge in [0.05, 0.1) is 0 Å². The Bertz CT molecular complexity index is 543. The summed E-state index contributed by atoms with van der Waals surface area (Å²) in [5, 5.41) is 3.04. The Hall–Kier alpha value is -1.71. The zero-order chi connectivity index (χ0) is 13.5. The van der Waals surface area contributed by atoms with Gasteiger partial charge in [0.15, 0.2) is 11.5 Å². The Morgan fingerprint density at radius 3 is 2.70 bits per heavy atom. The Balaban J connectivity index is 1.47. The zero-order valence-electron chi connectivity index (χ0n) is 11.4. The molecule has 4 rings (SSSR count). The molecule has 20 heavy (non-hydrogen) atoms. The first-order valence-electron chi connectivity index (χ1n) is 7.50. The van der Waals surface area contributed by atoms with Crippen LogP contribution in [0.2, 0.25) is 0 Å². The Labute approximate surface area is 118 Å². The van der Waals surface area contributed by atoms with Crippen LogP contribution in [0, 0.1) is 17.8 Å². The summed E-state index contributed by atoms with van der Waals surface area (Å²) >= 11 is 0. The van der Waals surface area contributed by atoms with Gasteiger partial charge in [-0.25, -0.2) is 0 Å². The highest BCUT2D eigenvalue weighted by Crippen LogP contribution is 2.48. The van der Waals surface area contributed by atoms with Crippen molar-refractivity contribution in [3.63, 3.8) is 0 Å². The molecule has 2 fully saturated rings. The molecule has 3 unspecified atom stereocenters. The fraction of sp³-hybridized carbons (Fsp3) is 0.562. The summed E-state index contributed by atoms with van der Waals surface area (Å²) in [6.45, 7) is 1.15. The van der Waals surface area contributed by atoms with E-state index in [1.165, 1.54) is 19.3 Å². The number of carbonyl (C=O) groups excluding carboxylic acids is 1. The highest BCUT2D eigenvalue weighted by Gasteiger charge is 2.43. The quantitative estimate of drug-likeness (QED) is 0.901. The third kappa shape index (κ3) is 2.03. The summed E-state index contributed by atoms with van der Waals surface area (Å²) in [6, 6.07) is 5.61. The maximum atomic E-state index is 12.4. The molecular formula is C16H19NO3. The van der Waals surface area contributed by atoms with Crippen molar-refractivity contribution in [2.75, 3.05) is 18.5 Å². The lowest BCUT2D eigenvalue weighted by atomic mass is 9.88. The first-order valence-corrected chi connectivity index (χ1v) is 7.50. The van der Waals surface area contributed by atoms with Crippen molar-refractivity contribution in [1.82, 2.24) is 0 Å². The Morgan fingerprint density at radius 2 is 1.95 bits per heavy atom. The lowest BCUT2D eigenvalue weighted by Crippen LogP contribution is -2.27. The van der Waals surface area contributed by atoms with E-state index in [0.717, 1.165) is 29.5 Å². The Kier molecular flexibility index (Phi) is 2.83. The second-order valence-corrected chi connectivity index (χ2v) is 6.13. The minimum absolute atomic E-state index is 0.175. The summed E-state index contributed by atoms with van der Waals surface area (Å²) in [5.74, 6) is 3.26. The topological polar surface area (TPSA) is 47.6 Å². The number of hydrogen-bond acceptors (Lipinski definition) is 3. The molecule has 4 nitrogen and oxygen atoms in total. The van der Waals surface area contributed by atoms with Crippen LogP contribution >= 0.6 is 0 Å². The van der Waals surface area contributed by atoms with Crippen molar-refractivity contribution in [3.05, 3.63) is 18.2 Å². The summed E-state index contributed by atoms with van der Waals surface area (Å²) in [6.07, 6.45) is 4.86. The minimum Gasteiger partial charge on any atom is -0.486 e. The van der Waals surface area contributed by atoms with E-state index in [0.29, 0.717) is 19.1 Å². The standard InChI is InChI=1S/C16H19NO3/c18-16(13-8-10-1-2-11(13)7-10)17-12-3-4-14-15(9-12)20-6-5-19-14/h3-4,9-11,13H,1-2,5-8H2,(H,17,18). The number of hydrogen-bond donors (Lipinski definition) is 1. The molecule has 1 N–H and O–H groups in total. The van der Waals surface area contributed by atoms with Crippen LogP contribution < -0.4 is 14.8 Å². The van der Waals surface area contributed by atoms with Crippen molar-refractivity contribution in [2.45, 2.75) is 25.7 Å². The number of nitrogens with one attached hydrogen (secondary N) is 1. The van der Waals surface area contributed by atoms with Crippen molar-refractivity contribution in [1.29, 1.82) is 0 Å². The molecule has 4 heteroatoms. The first kappa shape index (κ1) is 12.1. The summed E-state index contributed by atoms with van der Waals surface area (Å²) < 4.78 is 11.0. The third-order valence-corrected chi connectivity index (χ3v) is 4.88. The van der Waals surface area contributed by atoms with E-state index in [4.69, 9.17) is 9.47 Å². The van der Waals surface area contributed by atoms with Crippen LogP contribution in [0.25, 0.3) is 0 Å². The van der Waals surface area contributed by atoms with Crippen molar-refractivity contribution < 1.29 is 14.3 Å². The summed E-state index contributed by atoms with van der Waals surface area (Å²) in [4.78, 5) is 12.4. The molecule has 3 atom stereocenters. The van der Waals surface area contributed by atoms with Crippen molar-refractivity contribution in [3.8, 4) is 11.5 Å². The maximum absolute atomic E-state index is 12.4. The lowest BCUT2D eigenvalue weighted by molar-refractivity contribution is -0.121. The van der Waals surface area contributed by atoms with Gasteiger partial charge in [-0.15, -0.1) is 0 Å². The van der Waals surface area contributed by atoms with E-state index >= 15 is 0 Å². The molecule has 2 bridgehead atoms. The van der Waals surface area contributed by atoms with Crippen LogP contribution in [0.1, 0.15) is 25.7 Å². The number of benzene rings is 1. The molecule has 1 aliphatic heterocycles. The lowest BCUT2D eigenvalue weighted by Gasteiger charge is -2.22. The van der Waals surface area contributed by atoms with Gasteiger partial charge < -0.3 is 14.8 Å². The zero-order valence-corrected chi connectivity index (χ0v) is 11.4. The van der Waals surface area contributed by atoms with Gasteiger partial charge in [-0.1, -0.05) is 6.42 Å². The number of amides is 1. The van der Waals surface area contributed by atoms with Gasteiger partial charge in [-0.05, 0) is 43.2 Å². The first-order chi connectivity index (χ1) is 9.79. The molecule has 1 aromatic carbocycles. The molecule has 2 saturated carbocycles. The number of fused-ring (bicyclic) bond motifs is 3. The molecule has 1 aromatic rings. The Morgan fingerprint density at radius 1 is 1.10 bits per heavy atom. The fourth-order valence-corrected chi connectivity index (χ4v) is 3.92. The molecule has 1 heterocycles. The third-order valence-electron chi connectivity index (χ3n) is 4.88. The van der Waals surface area contributed by atoms with E-state index in [1.807, 2.05) is 18.2 Å². The smallest absolute Gasteiger partial charge is 0.227 e. The van der Waals surface area contributed by atoms with Crippen LogP contribution in [0.5, 0.6) is 11.5 Å². The minimum atomic E-state index is 0.175. The van der Waals surface area contributed by atoms with Crippen LogP contribution in [-0.4, -0.2) is 19.1 Å². The van der Waals surface area contributed by atoms with Gasteiger partial charge >= 0.3 is 0 Å². The van der Waals surface area contributed by atoms with E-state index in [9.17, 15) is 4.79 Å². The molecular weight excluding hydrogens is 254 g/mol. The second-order valence-electron chi connectivity index (χ2n) is 6.13. The summed E-state index contributed by atoms with van der Waals surface area (Å²) in [5.41, 5.74) is 0.807. The average molecular weight is 273 g/mol. The highest BCUT2D eigenvalue weighted by molar-refractivity contribution is 5.93. The van der Waals surface area contributed by atoms with E-state index < -0.39 is 0 Å². The van der Waals surface area contributed by atoms with Crippen LogP contribution in [-0.2, 0) is 4.79 Å². The molecule has 2 aliphatic carbocycles. The van der Waals surface area contributed by atoms with E-state index in [-0.39, 0.29) is 11.8 Å². The van der Waals surface area contributed by atoms with E-state index in [2.05, 4.69) is 5.32 Å². The number of anilines is 1. The largest absolute Gasteiger partial charge is 0.486 e. The SMILES string of the molecule is O=C(Nc1ccc2c(c1)OCCO2)C1CC2CCC1C2. The number of rotatable bonds is 2. The van der Waals surface area contributed by atoms with Gasteiger partial charge in [0.2, 0.25) is 5.91 Å². The predicted octanol–water partition coefficient (Wildman–Crippen LogP) is 2.83. The predicted molar refractivity (Wildman–Crippen MR) is 75.0 cm³/mol. The van der Waals surface area contributed by atoms with Gasteiger partial charge in [0, 0.05) is 17.7 Å². The second kappa shape index (κ2) is 4.69. The normalized spacial score (nSPS) is 30.3. The molecule has 0 radical (unpaired) electrons. The van der Waals surface area contributed by atoms with Crippen molar-refractivity contribution in [2.24, 2.45) is 17.8 Å². The van der Waals surface area contributed by atoms with Crippen LogP contribution in [0.15, 0.2) is 18.2 Å². The van der Waals surface area contributed by atoms with E-state index in [1.54, 1.807) is 0 Å². The molecule has 106 valence electrons.